The third-order valence-electron chi connectivity index (χ3n) is 13.1. The molecule has 0 amide bonds. The summed E-state index contributed by atoms with van der Waals surface area (Å²) >= 11 is 1.89. The Morgan fingerprint density at radius 1 is 0.338 bits per heavy atom. The molecular weight excluding hydrogens is 811 g/mol. The number of fused-ring (bicyclic) bond motifs is 14. The van der Waals surface area contributed by atoms with Crippen molar-refractivity contribution in [2.24, 2.45) is 0 Å². The van der Waals surface area contributed by atoms with E-state index in [-0.39, 0.29) is 0 Å². The van der Waals surface area contributed by atoms with Gasteiger partial charge in [0.2, 0.25) is 5.95 Å². The van der Waals surface area contributed by atoms with Gasteiger partial charge in [-0.1, -0.05) is 164 Å². The molecule has 0 radical (unpaired) electrons. The average molecular weight is 846 g/mol. The van der Waals surface area contributed by atoms with Crippen molar-refractivity contribution in [3.63, 3.8) is 0 Å². The van der Waals surface area contributed by atoms with E-state index < -0.39 is 0 Å². The van der Waals surface area contributed by atoms with E-state index in [1.165, 1.54) is 74.3 Å². The first-order valence-electron chi connectivity index (χ1n) is 21.9. The van der Waals surface area contributed by atoms with Gasteiger partial charge >= 0.3 is 0 Å². The molecule has 0 fully saturated rings. The van der Waals surface area contributed by atoms with Crippen LogP contribution in [0.2, 0.25) is 0 Å². The first-order chi connectivity index (χ1) is 32.2. The van der Waals surface area contributed by atoms with Crippen molar-refractivity contribution in [2.75, 3.05) is 0 Å². The van der Waals surface area contributed by atoms with Gasteiger partial charge in [-0.05, 0) is 81.2 Å². The molecule has 0 N–H and O–H groups in total. The lowest BCUT2D eigenvalue weighted by atomic mass is 9.93. The van der Waals surface area contributed by atoms with Gasteiger partial charge in [-0.2, -0.15) is 9.97 Å². The van der Waals surface area contributed by atoms with Gasteiger partial charge in [0.05, 0.1) is 22.1 Å². The normalized spacial score (nSPS) is 12.0. The molecule has 5 nitrogen and oxygen atoms in total. The van der Waals surface area contributed by atoms with Crippen LogP contribution in [0.1, 0.15) is 0 Å². The van der Waals surface area contributed by atoms with Gasteiger partial charge in [0.15, 0.2) is 11.6 Å². The summed E-state index contributed by atoms with van der Waals surface area (Å²) in [5.41, 5.74) is 9.76. The molecule has 65 heavy (non-hydrogen) atoms. The van der Waals surface area contributed by atoms with Crippen LogP contribution in [0, 0.1) is 0 Å². The van der Waals surface area contributed by atoms with Crippen molar-refractivity contribution in [1.82, 2.24) is 24.1 Å². The average Bonchev–Trinajstić information content (AvgIpc) is 4.04. The highest BCUT2D eigenvalue weighted by Gasteiger charge is 2.24. The van der Waals surface area contributed by atoms with Gasteiger partial charge in [0.1, 0.15) is 0 Å². The number of hydrogen-bond acceptors (Lipinski definition) is 4. The molecule has 4 heterocycles. The minimum absolute atomic E-state index is 0.572. The van der Waals surface area contributed by atoms with Crippen LogP contribution in [0.15, 0.2) is 212 Å². The molecule has 14 aromatic rings. The van der Waals surface area contributed by atoms with Crippen molar-refractivity contribution in [2.45, 2.75) is 0 Å². The molecule has 0 aliphatic carbocycles. The van der Waals surface area contributed by atoms with Gasteiger partial charge in [0, 0.05) is 58.5 Å². The number of para-hydroxylation sites is 1. The summed E-state index contributed by atoms with van der Waals surface area (Å²) in [6.07, 6.45) is 0. The predicted molar refractivity (Wildman–Crippen MR) is 273 cm³/mol. The Hall–Kier alpha value is -8.45. The lowest BCUT2D eigenvalue weighted by Gasteiger charge is -2.13. The molecule has 14 rings (SSSR count). The van der Waals surface area contributed by atoms with Crippen LogP contribution in [0.3, 0.4) is 0 Å². The Bertz CT molecular complexity index is 4170. The Kier molecular flexibility index (Phi) is 7.79. The van der Waals surface area contributed by atoms with Crippen LogP contribution in [-0.2, 0) is 0 Å². The molecule has 10 aromatic carbocycles. The summed E-state index contributed by atoms with van der Waals surface area (Å²) in [6.45, 7) is 0. The Morgan fingerprint density at radius 2 is 0.923 bits per heavy atom. The van der Waals surface area contributed by atoms with Crippen molar-refractivity contribution in [3.8, 4) is 45.5 Å². The fraction of sp³-hybridized carbons (Fsp3) is 0. The molecule has 4 aromatic heterocycles. The Morgan fingerprint density at radius 3 is 1.68 bits per heavy atom. The zero-order valence-corrected chi connectivity index (χ0v) is 35.7. The molecule has 0 saturated carbocycles. The van der Waals surface area contributed by atoms with Crippen molar-refractivity contribution < 1.29 is 0 Å². The van der Waals surface area contributed by atoms with E-state index in [2.05, 4.69) is 185 Å². The van der Waals surface area contributed by atoms with E-state index in [0.29, 0.717) is 17.6 Å². The fourth-order valence-corrected chi connectivity index (χ4v) is 11.6. The van der Waals surface area contributed by atoms with Crippen LogP contribution in [0.5, 0.6) is 0 Å². The first-order valence-corrected chi connectivity index (χ1v) is 22.8. The number of thiophene rings is 1. The first kappa shape index (κ1) is 36.1. The summed E-state index contributed by atoms with van der Waals surface area (Å²) in [7, 11) is 0. The molecule has 0 spiro atoms. The van der Waals surface area contributed by atoms with Crippen LogP contribution in [0.4, 0.5) is 0 Å². The predicted octanol–water partition coefficient (Wildman–Crippen LogP) is 15.7. The Balaban J connectivity index is 1.11. The zero-order valence-electron chi connectivity index (χ0n) is 34.9. The van der Waals surface area contributed by atoms with E-state index in [1.54, 1.807) is 0 Å². The van der Waals surface area contributed by atoms with Crippen molar-refractivity contribution in [1.29, 1.82) is 0 Å². The lowest BCUT2D eigenvalue weighted by Crippen LogP contribution is -2.06. The number of nitrogens with zero attached hydrogens (tertiary/aromatic N) is 5. The van der Waals surface area contributed by atoms with Crippen LogP contribution >= 0.6 is 11.3 Å². The third kappa shape index (κ3) is 5.41. The standard InChI is InChI=1S/C59H35N5S/c1-4-17-37(18-5-1)57-60-58(38-19-6-2-7-20-38)62-59(61-57)64-49-32-28-36-16-10-11-23-41(36)53(49)54-44-26-13-12-24-42(44)46(35-51(54)64)39-29-31-48-47(34-39)55-50(63(48)40-21-8-3-9-22-40)33-30-45-43-25-14-15-27-52(43)65-56(45)55/h1-35H. The zero-order chi connectivity index (χ0) is 42.6. The van der Waals surface area contributed by atoms with Crippen LogP contribution in [0.25, 0.3) is 131 Å². The maximum Gasteiger partial charge on any atom is 0.238 e. The largest absolute Gasteiger partial charge is 0.309 e. The molecule has 0 aliphatic rings. The number of hydrogen-bond donors (Lipinski definition) is 0. The fourth-order valence-electron chi connectivity index (χ4n) is 10.3. The van der Waals surface area contributed by atoms with Gasteiger partial charge < -0.3 is 4.57 Å². The summed E-state index contributed by atoms with van der Waals surface area (Å²) in [4.78, 5) is 15.7. The molecule has 0 saturated heterocycles. The highest BCUT2D eigenvalue weighted by atomic mass is 32.1. The van der Waals surface area contributed by atoms with Gasteiger partial charge in [-0.25, -0.2) is 4.98 Å². The van der Waals surface area contributed by atoms with Crippen LogP contribution < -0.4 is 0 Å². The summed E-state index contributed by atoms with van der Waals surface area (Å²) in [6, 6.07) is 76.1. The Labute approximate surface area is 376 Å². The summed E-state index contributed by atoms with van der Waals surface area (Å²) in [5, 5.41) is 12.2. The second kappa shape index (κ2) is 14.0. The number of benzene rings is 10. The molecule has 0 bridgehead atoms. The molecular formula is C59H35N5S. The maximum absolute atomic E-state index is 5.33. The molecule has 6 heteroatoms. The van der Waals surface area contributed by atoms with E-state index in [4.69, 9.17) is 15.0 Å². The van der Waals surface area contributed by atoms with Gasteiger partial charge in [0.25, 0.3) is 0 Å². The summed E-state index contributed by atoms with van der Waals surface area (Å²) < 4.78 is 7.31. The highest BCUT2D eigenvalue weighted by molar-refractivity contribution is 7.26. The second-order valence-corrected chi connectivity index (χ2v) is 17.8. The summed E-state index contributed by atoms with van der Waals surface area (Å²) in [5.74, 6) is 1.82. The van der Waals surface area contributed by atoms with Crippen LogP contribution in [-0.4, -0.2) is 24.1 Å². The topological polar surface area (TPSA) is 48.5 Å². The number of rotatable bonds is 5. The molecule has 0 aliphatic heterocycles. The number of aromatic nitrogens is 5. The van der Waals surface area contributed by atoms with Gasteiger partial charge in [-0.3, -0.25) is 4.57 Å². The van der Waals surface area contributed by atoms with E-state index in [0.717, 1.165) is 39.0 Å². The SMILES string of the molecule is c1ccc(-c2nc(-c3ccccc3)nc(-n3c4ccc5ccccc5c4c4c5ccccc5c(-c5ccc6c(c5)c5c7sc8ccccc8c7ccc5n6-c5ccccc5)cc43)n2)cc1. The molecule has 0 atom stereocenters. The third-order valence-corrected chi connectivity index (χ3v) is 14.4. The van der Waals surface area contributed by atoms with E-state index >= 15 is 0 Å². The van der Waals surface area contributed by atoms with Gasteiger partial charge in [-0.15, -0.1) is 11.3 Å². The maximum atomic E-state index is 5.33. The quantitative estimate of drug-likeness (QED) is 0.173. The van der Waals surface area contributed by atoms with E-state index in [1.807, 2.05) is 47.7 Å². The monoisotopic (exact) mass is 845 g/mol. The smallest absolute Gasteiger partial charge is 0.238 e. The minimum Gasteiger partial charge on any atom is -0.309 e. The highest BCUT2D eigenvalue weighted by Crippen LogP contribution is 2.47. The molecule has 302 valence electrons. The van der Waals surface area contributed by atoms with Crippen molar-refractivity contribution >= 4 is 96.7 Å². The lowest BCUT2D eigenvalue weighted by molar-refractivity contribution is 0.954. The molecule has 0 unspecified atom stereocenters. The second-order valence-electron chi connectivity index (χ2n) is 16.7. The minimum atomic E-state index is 0.572. The van der Waals surface area contributed by atoms with E-state index in [9.17, 15) is 0 Å². The van der Waals surface area contributed by atoms with Crippen molar-refractivity contribution in [3.05, 3.63) is 212 Å².